The van der Waals surface area contributed by atoms with Crippen LogP contribution in [0, 0.1) is 0 Å². The molecule has 9 heteroatoms. The average molecular weight is 366 g/mol. The van der Waals surface area contributed by atoms with E-state index in [0.717, 1.165) is 18.2 Å². The Balaban J connectivity index is 2.49. The van der Waals surface area contributed by atoms with E-state index in [9.17, 15) is 19.2 Å². The molecule has 0 radical (unpaired) electrons. The molecule has 0 saturated carbocycles. The Kier molecular flexibility index (Phi) is 7.97. The lowest BCUT2D eigenvalue weighted by Gasteiger charge is -2.09. The first-order chi connectivity index (χ1) is 12.2. The fraction of sp³-hybridized carbons (Fsp3) is 0.294. The van der Waals surface area contributed by atoms with Crippen LogP contribution in [0.1, 0.15) is 38.0 Å². The van der Waals surface area contributed by atoms with Crippen LogP contribution < -0.4 is 0 Å². The monoisotopic (exact) mass is 366 g/mol. The third-order valence-electron chi connectivity index (χ3n) is 2.99. The number of benzene rings is 1. The molecule has 0 amide bonds. The SMILES string of the molecule is C=C(C)C(=O)OCCOCCOC(=O)c1cc(C(=O)O)ccc1C(=O)O. The van der Waals surface area contributed by atoms with E-state index >= 15 is 0 Å². The van der Waals surface area contributed by atoms with E-state index in [1.807, 2.05) is 0 Å². The summed E-state index contributed by atoms with van der Waals surface area (Å²) in [5.74, 6) is -4.21. The van der Waals surface area contributed by atoms with Crippen molar-refractivity contribution in [2.75, 3.05) is 26.4 Å². The van der Waals surface area contributed by atoms with Crippen molar-refractivity contribution in [3.63, 3.8) is 0 Å². The first kappa shape index (κ1) is 20.8. The molecule has 1 aromatic carbocycles. The molecular weight excluding hydrogens is 348 g/mol. The van der Waals surface area contributed by atoms with E-state index in [0.29, 0.717) is 0 Å². The molecule has 0 fully saturated rings. The second-order valence-corrected chi connectivity index (χ2v) is 5.04. The number of rotatable bonds is 10. The van der Waals surface area contributed by atoms with Gasteiger partial charge in [-0.15, -0.1) is 0 Å². The molecule has 0 heterocycles. The standard InChI is InChI=1S/C17H18O9/c1-10(2)16(22)25-7-5-24-6-8-26-17(23)13-9-11(14(18)19)3-4-12(13)15(20)21/h3-4,9H,1,5-8H2,2H3,(H,18,19)(H,20,21). The van der Waals surface area contributed by atoms with Gasteiger partial charge in [0.15, 0.2) is 0 Å². The van der Waals surface area contributed by atoms with Crippen LogP contribution in [0.2, 0.25) is 0 Å². The highest BCUT2D eigenvalue weighted by Crippen LogP contribution is 2.14. The summed E-state index contributed by atoms with van der Waals surface area (Å²) in [6.45, 7) is 4.79. The van der Waals surface area contributed by atoms with E-state index in [2.05, 4.69) is 6.58 Å². The van der Waals surface area contributed by atoms with Gasteiger partial charge in [-0.2, -0.15) is 0 Å². The fourth-order valence-electron chi connectivity index (χ4n) is 1.72. The zero-order valence-electron chi connectivity index (χ0n) is 14.0. The predicted octanol–water partition coefficient (Wildman–Crippen LogP) is 1.38. The van der Waals surface area contributed by atoms with Crippen LogP contribution in [0.25, 0.3) is 0 Å². The lowest BCUT2D eigenvalue weighted by atomic mass is 10.0. The molecule has 140 valence electrons. The van der Waals surface area contributed by atoms with Gasteiger partial charge >= 0.3 is 23.9 Å². The molecule has 0 aliphatic heterocycles. The van der Waals surface area contributed by atoms with E-state index in [1.54, 1.807) is 0 Å². The Bertz CT molecular complexity index is 721. The Hall–Kier alpha value is -3.20. The number of esters is 2. The fourth-order valence-corrected chi connectivity index (χ4v) is 1.72. The molecular formula is C17H18O9. The Morgan fingerprint density at radius 3 is 2.08 bits per heavy atom. The van der Waals surface area contributed by atoms with E-state index in [1.165, 1.54) is 6.92 Å². The Morgan fingerprint density at radius 1 is 0.923 bits per heavy atom. The summed E-state index contributed by atoms with van der Waals surface area (Å²) in [4.78, 5) is 45.2. The molecule has 1 rings (SSSR count). The molecule has 26 heavy (non-hydrogen) atoms. The molecule has 0 aliphatic carbocycles. The van der Waals surface area contributed by atoms with Gasteiger partial charge in [-0.05, 0) is 25.1 Å². The minimum absolute atomic E-state index is 0.00343. The number of aromatic carboxylic acids is 2. The topological polar surface area (TPSA) is 136 Å². The zero-order chi connectivity index (χ0) is 19.7. The van der Waals surface area contributed by atoms with Crippen molar-refractivity contribution >= 4 is 23.9 Å². The zero-order valence-corrected chi connectivity index (χ0v) is 14.0. The first-order valence-electron chi connectivity index (χ1n) is 7.42. The van der Waals surface area contributed by atoms with Gasteiger partial charge in [0.1, 0.15) is 13.2 Å². The maximum Gasteiger partial charge on any atom is 0.339 e. The molecule has 0 aromatic heterocycles. The van der Waals surface area contributed by atoms with Crippen molar-refractivity contribution in [1.82, 2.24) is 0 Å². The highest BCUT2D eigenvalue weighted by atomic mass is 16.6. The number of carbonyl (C=O) groups excluding carboxylic acids is 2. The van der Waals surface area contributed by atoms with E-state index in [4.69, 9.17) is 24.4 Å². The number of hydrogen-bond acceptors (Lipinski definition) is 7. The van der Waals surface area contributed by atoms with Crippen LogP contribution in [-0.4, -0.2) is 60.5 Å². The number of carboxylic acids is 2. The largest absolute Gasteiger partial charge is 0.478 e. The van der Waals surface area contributed by atoms with Crippen molar-refractivity contribution in [1.29, 1.82) is 0 Å². The lowest BCUT2D eigenvalue weighted by Crippen LogP contribution is -2.17. The van der Waals surface area contributed by atoms with Crippen molar-refractivity contribution in [3.8, 4) is 0 Å². The van der Waals surface area contributed by atoms with E-state index in [-0.39, 0.29) is 48.7 Å². The highest BCUT2D eigenvalue weighted by Gasteiger charge is 2.20. The van der Waals surface area contributed by atoms with E-state index < -0.39 is 23.9 Å². The maximum absolute atomic E-state index is 12.0. The highest BCUT2D eigenvalue weighted by molar-refractivity contribution is 6.04. The van der Waals surface area contributed by atoms with Crippen LogP contribution in [0.4, 0.5) is 0 Å². The summed E-state index contributed by atoms with van der Waals surface area (Å²) in [5, 5.41) is 18.0. The van der Waals surface area contributed by atoms with Gasteiger partial charge < -0.3 is 24.4 Å². The van der Waals surface area contributed by atoms with Gasteiger partial charge in [-0.3, -0.25) is 0 Å². The quantitative estimate of drug-likeness (QED) is 0.357. The van der Waals surface area contributed by atoms with Gasteiger partial charge in [0.25, 0.3) is 0 Å². The number of hydrogen-bond donors (Lipinski definition) is 2. The summed E-state index contributed by atoms with van der Waals surface area (Å²) in [7, 11) is 0. The van der Waals surface area contributed by atoms with Gasteiger partial charge in [0.2, 0.25) is 0 Å². The Morgan fingerprint density at radius 2 is 1.54 bits per heavy atom. The summed E-state index contributed by atoms with van der Waals surface area (Å²) < 4.78 is 14.8. The second-order valence-electron chi connectivity index (χ2n) is 5.04. The summed E-state index contributed by atoms with van der Waals surface area (Å²) in [6.07, 6.45) is 0. The molecule has 0 atom stereocenters. The van der Waals surface area contributed by atoms with Crippen LogP contribution >= 0.6 is 0 Å². The third-order valence-corrected chi connectivity index (χ3v) is 2.99. The Labute approximate surface area is 148 Å². The predicted molar refractivity (Wildman–Crippen MR) is 87.2 cm³/mol. The van der Waals surface area contributed by atoms with Crippen LogP contribution in [0.5, 0.6) is 0 Å². The molecule has 0 spiro atoms. The first-order valence-corrected chi connectivity index (χ1v) is 7.42. The molecule has 0 bridgehead atoms. The smallest absolute Gasteiger partial charge is 0.339 e. The molecule has 0 saturated heterocycles. The number of carboxylic acid groups (broad SMARTS) is 2. The average Bonchev–Trinajstić information content (AvgIpc) is 2.59. The summed E-state index contributed by atoms with van der Waals surface area (Å²) in [5.41, 5.74) is -0.713. The maximum atomic E-state index is 12.0. The van der Waals surface area contributed by atoms with Crippen LogP contribution in [0.3, 0.4) is 0 Å². The second kappa shape index (κ2) is 9.94. The molecule has 0 aliphatic rings. The molecule has 0 unspecified atom stereocenters. The number of ether oxygens (including phenoxy) is 3. The third kappa shape index (κ3) is 6.36. The van der Waals surface area contributed by atoms with Crippen molar-refractivity contribution in [3.05, 3.63) is 47.0 Å². The normalized spacial score (nSPS) is 10.0. The summed E-state index contributed by atoms with van der Waals surface area (Å²) in [6, 6.07) is 3.04. The van der Waals surface area contributed by atoms with Gasteiger partial charge in [-0.1, -0.05) is 6.58 Å². The van der Waals surface area contributed by atoms with Crippen molar-refractivity contribution < 1.29 is 43.6 Å². The van der Waals surface area contributed by atoms with Gasteiger partial charge in [0.05, 0.1) is 29.9 Å². The minimum atomic E-state index is -1.38. The summed E-state index contributed by atoms with van der Waals surface area (Å²) >= 11 is 0. The number of carbonyl (C=O) groups is 4. The van der Waals surface area contributed by atoms with Crippen LogP contribution in [-0.2, 0) is 19.0 Å². The van der Waals surface area contributed by atoms with Gasteiger partial charge in [0, 0.05) is 5.57 Å². The lowest BCUT2D eigenvalue weighted by molar-refractivity contribution is -0.140. The molecule has 9 nitrogen and oxygen atoms in total. The molecule has 2 N–H and O–H groups in total. The molecule has 1 aromatic rings. The minimum Gasteiger partial charge on any atom is -0.478 e. The van der Waals surface area contributed by atoms with Crippen molar-refractivity contribution in [2.45, 2.75) is 6.92 Å². The van der Waals surface area contributed by atoms with Gasteiger partial charge in [-0.25, -0.2) is 19.2 Å². The van der Waals surface area contributed by atoms with Crippen LogP contribution in [0.15, 0.2) is 30.4 Å². The van der Waals surface area contributed by atoms with Crippen molar-refractivity contribution in [2.24, 2.45) is 0 Å².